The number of pyridine rings is 1. The summed E-state index contributed by atoms with van der Waals surface area (Å²) in [6.45, 7) is 3.24. The summed E-state index contributed by atoms with van der Waals surface area (Å²) >= 11 is 0. The van der Waals surface area contributed by atoms with Crippen molar-refractivity contribution in [3.05, 3.63) is 62.3 Å². The summed E-state index contributed by atoms with van der Waals surface area (Å²) in [6, 6.07) is 3.44. The summed E-state index contributed by atoms with van der Waals surface area (Å²) in [6.07, 6.45) is 0.0806. The molecule has 0 bridgehead atoms. The molecule has 0 aliphatic carbocycles. The SMILES string of the molecule is Cc1[nH]c(=O)c(C#N)c(C)c1CCC(=O)Nc1ccc(F)c(F)c1F. The highest BCUT2D eigenvalue weighted by atomic mass is 19.2. The second-order valence-corrected chi connectivity index (χ2v) is 5.44. The molecule has 8 heteroatoms. The van der Waals surface area contributed by atoms with Crippen LogP contribution in [0.25, 0.3) is 0 Å². The first kappa shape index (κ1) is 18.3. The number of nitrogens with zero attached hydrogens (tertiary/aromatic N) is 1. The summed E-state index contributed by atoms with van der Waals surface area (Å²) in [5.41, 5.74) is 0.611. The van der Waals surface area contributed by atoms with E-state index in [1.807, 2.05) is 0 Å². The van der Waals surface area contributed by atoms with Crippen molar-refractivity contribution in [3.8, 4) is 6.07 Å². The van der Waals surface area contributed by atoms with Crippen LogP contribution < -0.4 is 10.9 Å². The first-order valence-electron chi connectivity index (χ1n) is 7.32. The number of carbonyl (C=O) groups is 1. The molecule has 0 saturated carbocycles. The number of hydrogen-bond donors (Lipinski definition) is 2. The summed E-state index contributed by atoms with van der Waals surface area (Å²) in [5.74, 6) is -5.10. The zero-order valence-corrected chi connectivity index (χ0v) is 13.5. The molecule has 0 radical (unpaired) electrons. The van der Waals surface area contributed by atoms with Crippen molar-refractivity contribution in [1.82, 2.24) is 4.98 Å². The molecule has 1 amide bonds. The minimum Gasteiger partial charge on any atom is -0.325 e. The molecule has 0 spiro atoms. The number of aromatic nitrogens is 1. The molecule has 2 N–H and O–H groups in total. The maximum Gasteiger partial charge on any atom is 0.266 e. The van der Waals surface area contributed by atoms with Gasteiger partial charge in [0, 0.05) is 12.1 Å². The number of rotatable bonds is 4. The van der Waals surface area contributed by atoms with E-state index in [9.17, 15) is 22.8 Å². The van der Waals surface area contributed by atoms with Gasteiger partial charge in [0.25, 0.3) is 5.56 Å². The molecule has 0 atom stereocenters. The lowest BCUT2D eigenvalue weighted by atomic mass is 9.99. The molecule has 1 aromatic heterocycles. The number of aryl methyl sites for hydroxylation is 1. The highest BCUT2D eigenvalue weighted by molar-refractivity contribution is 5.91. The van der Waals surface area contributed by atoms with Gasteiger partial charge >= 0.3 is 0 Å². The Morgan fingerprint density at radius 3 is 2.56 bits per heavy atom. The third kappa shape index (κ3) is 3.71. The highest BCUT2D eigenvalue weighted by Gasteiger charge is 2.17. The minimum atomic E-state index is -1.66. The van der Waals surface area contributed by atoms with Crippen LogP contribution in [0.1, 0.15) is 28.8 Å². The Kier molecular flexibility index (Phi) is 5.27. The van der Waals surface area contributed by atoms with E-state index < -0.39 is 34.6 Å². The lowest BCUT2D eigenvalue weighted by Crippen LogP contribution is -2.19. The standard InChI is InChI=1S/C17H14F3N3O2/c1-8-10(9(2)22-17(25)11(8)7-21)3-6-14(24)23-13-5-4-12(18)15(19)16(13)20/h4-5H,3,6H2,1-2H3,(H,22,25)(H,23,24). The number of nitriles is 1. The molecular weight excluding hydrogens is 335 g/mol. The number of H-pyrrole nitrogens is 1. The Morgan fingerprint density at radius 2 is 1.92 bits per heavy atom. The Bertz CT molecular complexity index is 946. The van der Waals surface area contributed by atoms with E-state index in [-0.39, 0.29) is 18.4 Å². The summed E-state index contributed by atoms with van der Waals surface area (Å²) < 4.78 is 39.6. The Hall–Kier alpha value is -3.08. The second-order valence-electron chi connectivity index (χ2n) is 5.44. The molecular formula is C17H14F3N3O2. The maximum atomic E-state index is 13.6. The molecule has 0 saturated heterocycles. The largest absolute Gasteiger partial charge is 0.325 e. The van der Waals surface area contributed by atoms with E-state index in [4.69, 9.17) is 5.26 Å². The Balaban J connectivity index is 2.15. The first-order chi connectivity index (χ1) is 11.8. The summed E-state index contributed by atoms with van der Waals surface area (Å²) in [7, 11) is 0. The maximum absolute atomic E-state index is 13.6. The van der Waals surface area contributed by atoms with Crippen LogP contribution in [0.2, 0.25) is 0 Å². The molecule has 0 fully saturated rings. The van der Waals surface area contributed by atoms with Crippen molar-refractivity contribution in [1.29, 1.82) is 5.26 Å². The number of anilines is 1. The van der Waals surface area contributed by atoms with Gasteiger partial charge in [0.15, 0.2) is 17.5 Å². The van der Waals surface area contributed by atoms with Crippen molar-refractivity contribution in [2.24, 2.45) is 0 Å². The normalized spacial score (nSPS) is 10.4. The fourth-order valence-corrected chi connectivity index (χ4v) is 2.49. The van der Waals surface area contributed by atoms with E-state index in [0.717, 1.165) is 6.07 Å². The average molecular weight is 349 g/mol. The van der Waals surface area contributed by atoms with Crippen molar-refractivity contribution >= 4 is 11.6 Å². The van der Waals surface area contributed by atoms with Gasteiger partial charge in [0.1, 0.15) is 11.6 Å². The van der Waals surface area contributed by atoms with Crippen LogP contribution in [0.15, 0.2) is 16.9 Å². The number of aromatic amines is 1. The molecule has 2 aromatic rings. The molecule has 1 heterocycles. The van der Waals surface area contributed by atoms with Gasteiger partial charge < -0.3 is 10.3 Å². The molecule has 0 aliphatic heterocycles. The molecule has 130 valence electrons. The van der Waals surface area contributed by atoms with Crippen LogP contribution in [-0.2, 0) is 11.2 Å². The van der Waals surface area contributed by atoms with E-state index in [1.54, 1.807) is 19.9 Å². The smallest absolute Gasteiger partial charge is 0.266 e. The minimum absolute atomic E-state index is 0.0346. The number of benzene rings is 1. The number of halogens is 3. The Morgan fingerprint density at radius 1 is 1.24 bits per heavy atom. The van der Waals surface area contributed by atoms with Gasteiger partial charge in [-0.25, -0.2) is 13.2 Å². The van der Waals surface area contributed by atoms with Crippen LogP contribution in [-0.4, -0.2) is 10.9 Å². The van der Waals surface area contributed by atoms with E-state index >= 15 is 0 Å². The summed E-state index contributed by atoms with van der Waals surface area (Å²) in [4.78, 5) is 26.1. The molecule has 1 aromatic carbocycles. The molecule has 2 rings (SSSR count). The quantitative estimate of drug-likeness (QED) is 0.832. The number of nitrogens with one attached hydrogen (secondary N) is 2. The van der Waals surface area contributed by atoms with Crippen molar-refractivity contribution in [2.45, 2.75) is 26.7 Å². The molecule has 25 heavy (non-hydrogen) atoms. The highest BCUT2D eigenvalue weighted by Crippen LogP contribution is 2.20. The molecule has 5 nitrogen and oxygen atoms in total. The predicted octanol–water partition coefficient (Wildman–Crippen LogP) is 2.85. The van der Waals surface area contributed by atoms with E-state index in [0.29, 0.717) is 22.9 Å². The van der Waals surface area contributed by atoms with Gasteiger partial charge in [0.05, 0.1) is 5.69 Å². The number of hydrogen-bond acceptors (Lipinski definition) is 3. The van der Waals surface area contributed by atoms with Gasteiger partial charge in [-0.1, -0.05) is 0 Å². The zero-order chi connectivity index (χ0) is 18.7. The second kappa shape index (κ2) is 7.21. The average Bonchev–Trinajstić information content (AvgIpc) is 2.55. The fourth-order valence-electron chi connectivity index (χ4n) is 2.49. The van der Waals surface area contributed by atoms with Crippen molar-refractivity contribution in [3.63, 3.8) is 0 Å². The first-order valence-corrected chi connectivity index (χ1v) is 7.32. The van der Waals surface area contributed by atoms with Crippen molar-refractivity contribution in [2.75, 3.05) is 5.32 Å². The van der Waals surface area contributed by atoms with Gasteiger partial charge in [-0.3, -0.25) is 9.59 Å². The topological polar surface area (TPSA) is 85.8 Å². The van der Waals surface area contributed by atoms with Crippen LogP contribution >= 0.6 is 0 Å². The van der Waals surface area contributed by atoms with Gasteiger partial charge in [-0.2, -0.15) is 5.26 Å². The molecule has 0 unspecified atom stereocenters. The van der Waals surface area contributed by atoms with Gasteiger partial charge in [0.2, 0.25) is 5.91 Å². The van der Waals surface area contributed by atoms with E-state index in [2.05, 4.69) is 10.3 Å². The van der Waals surface area contributed by atoms with Crippen LogP contribution in [0.5, 0.6) is 0 Å². The van der Waals surface area contributed by atoms with Crippen LogP contribution in [0.3, 0.4) is 0 Å². The zero-order valence-electron chi connectivity index (χ0n) is 13.5. The number of carbonyl (C=O) groups excluding carboxylic acids is 1. The van der Waals surface area contributed by atoms with Gasteiger partial charge in [-0.05, 0) is 43.5 Å². The lowest BCUT2D eigenvalue weighted by molar-refractivity contribution is -0.116. The summed E-state index contributed by atoms with van der Waals surface area (Å²) in [5, 5.41) is 11.2. The monoisotopic (exact) mass is 349 g/mol. The van der Waals surface area contributed by atoms with E-state index in [1.165, 1.54) is 0 Å². The fraction of sp³-hybridized carbons (Fsp3) is 0.235. The molecule has 0 aliphatic rings. The van der Waals surface area contributed by atoms with Crippen molar-refractivity contribution < 1.29 is 18.0 Å². The number of amides is 1. The Labute approximate surface area is 141 Å². The third-order valence-electron chi connectivity index (χ3n) is 3.83. The van der Waals surface area contributed by atoms with Gasteiger partial charge in [-0.15, -0.1) is 0 Å². The predicted molar refractivity (Wildman–Crippen MR) is 84.5 cm³/mol. The lowest BCUT2D eigenvalue weighted by Gasteiger charge is -2.11. The van der Waals surface area contributed by atoms with Crippen LogP contribution in [0, 0.1) is 42.6 Å². The third-order valence-corrected chi connectivity index (χ3v) is 3.83. The van der Waals surface area contributed by atoms with Crippen LogP contribution in [0.4, 0.5) is 18.9 Å².